The molecule has 0 aliphatic carbocycles. The van der Waals surface area contributed by atoms with Crippen LogP contribution in [0.1, 0.15) is 39.7 Å². The molecule has 5 aromatic rings. The van der Waals surface area contributed by atoms with E-state index in [4.69, 9.17) is 31.2 Å². The molecule has 5 rings (SSSR count). The van der Waals surface area contributed by atoms with Crippen molar-refractivity contribution in [2.45, 2.75) is 59.7 Å². The van der Waals surface area contributed by atoms with Crippen molar-refractivity contribution in [3.05, 3.63) is 87.7 Å². The summed E-state index contributed by atoms with van der Waals surface area (Å²) in [4.78, 5) is 41.3. The lowest BCUT2D eigenvalue weighted by Crippen LogP contribution is -2.50. The number of carboxylic acid groups (broad SMARTS) is 1. The van der Waals surface area contributed by atoms with Gasteiger partial charge in [-0.1, -0.05) is 54.1 Å². The first-order valence-corrected chi connectivity index (χ1v) is 14.8. The Balaban J connectivity index is 0.00000104. The van der Waals surface area contributed by atoms with E-state index >= 15 is 0 Å². The SMILES string of the molecule is CC(=O)[O-].Cc1cccc2nc(-c3c(-c4ccc(Cl)cc4)n(CCC[NH3+])c4ccccc34)c(=O)n(CC(=O)OC(C)(C)C)c12. The van der Waals surface area contributed by atoms with Gasteiger partial charge in [0.2, 0.25) is 0 Å². The molecule has 0 unspecified atom stereocenters. The molecular formula is C34H37ClN4O5. The number of esters is 1. The summed E-state index contributed by atoms with van der Waals surface area (Å²) in [5.41, 5.74) is 8.95. The Morgan fingerprint density at radius 2 is 1.66 bits per heavy atom. The molecule has 3 N–H and O–H groups in total. The zero-order chi connectivity index (χ0) is 32.2. The number of carboxylic acids is 1. The number of quaternary nitrogens is 1. The van der Waals surface area contributed by atoms with Crippen LogP contribution < -0.4 is 16.4 Å². The molecule has 0 radical (unpaired) electrons. The first-order chi connectivity index (χ1) is 20.8. The second kappa shape index (κ2) is 13.4. The number of nitrogens with zero attached hydrogens (tertiary/aromatic N) is 3. The third-order valence-electron chi connectivity index (χ3n) is 6.83. The van der Waals surface area contributed by atoms with E-state index in [1.54, 1.807) is 0 Å². The van der Waals surface area contributed by atoms with Crippen LogP contribution in [-0.2, 0) is 27.4 Å². The molecule has 0 aliphatic rings. The van der Waals surface area contributed by atoms with E-state index in [1.165, 1.54) is 4.57 Å². The van der Waals surface area contributed by atoms with Crippen molar-refractivity contribution in [2.24, 2.45) is 0 Å². The van der Waals surface area contributed by atoms with Crippen LogP contribution in [0.4, 0.5) is 0 Å². The highest BCUT2D eigenvalue weighted by Gasteiger charge is 2.26. The van der Waals surface area contributed by atoms with Crippen molar-refractivity contribution in [3.63, 3.8) is 0 Å². The van der Waals surface area contributed by atoms with Crippen molar-refractivity contribution in [1.82, 2.24) is 14.1 Å². The van der Waals surface area contributed by atoms with Crippen molar-refractivity contribution in [3.8, 4) is 22.5 Å². The van der Waals surface area contributed by atoms with E-state index in [-0.39, 0.29) is 17.8 Å². The molecule has 0 saturated heterocycles. The first-order valence-electron chi connectivity index (χ1n) is 14.4. The summed E-state index contributed by atoms with van der Waals surface area (Å²) in [6.45, 7) is 9.61. The molecule has 0 atom stereocenters. The normalized spacial score (nSPS) is 11.3. The van der Waals surface area contributed by atoms with Gasteiger partial charge in [0.15, 0.2) is 0 Å². The van der Waals surface area contributed by atoms with Crippen LogP contribution in [0.2, 0.25) is 5.02 Å². The molecule has 0 saturated carbocycles. The Labute approximate surface area is 260 Å². The van der Waals surface area contributed by atoms with Gasteiger partial charge in [-0.2, -0.15) is 0 Å². The number of ether oxygens (including phenoxy) is 1. The first kappa shape index (κ1) is 32.4. The number of fused-ring (bicyclic) bond motifs is 2. The monoisotopic (exact) mass is 616 g/mol. The Morgan fingerprint density at radius 1 is 1.00 bits per heavy atom. The average Bonchev–Trinajstić information content (AvgIpc) is 3.26. The number of rotatable bonds is 7. The topological polar surface area (TPSA) is 134 Å². The van der Waals surface area contributed by atoms with Gasteiger partial charge in [0, 0.05) is 40.4 Å². The minimum absolute atomic E-state index is 0.219. The summed E-state index contributed by atoms with van der Waals surface area (Å²) < 4.78 is 9.36. The summed E-state index contributed by atoms with van der Waals surface area (Å²) in [6, 6.07) is 21.4. The third-order valence-corrected chi connectivity index (χ3v) is 7.08. The zero-order valence-corrected chi connectivity index (χ0v) is 26.4. The van der Waals surface area contributed by atoms with Crippen LogP contribution in [0.25, 0.3) is 44.5 Å². The molecule has 0 spiro atoms. The predicted molar refractivity (Wildman–Crippen MR) is 171 cm³/mol. The molecule has 0 fully saturated rings. The number of carbonyl (C=O) groups excluding carboxylic acids is 2. The smallest absolute Gasteiger partial charge is 0.326 e. The highest BCUT2D eigenvalue weighted by molar-refractivity contribution is 6.30. The number of aryl methyl sites for hydroxylation is 2. The maximum atomic E-state index is 14.4. The fraction of sp³-hybridized carbons (Fsp3) is 0.294. The average molecular weight is 617 g/mol. The number of carbonyl (C=O) groups is 2. The molecule has 230 valence electrons. The Morgan fingerprint density at radius 3 is 2.30 bits per heavy atom. The third kappa shape index (κ3) is 7.18. The highest BCUT2D eigenvalue weighted by atomic mass is 35.5. The highest BCUT2D eigenvalue weighted by Crippen LogP contribution is 2.40. The number of hydrogen-bond acceptors (Lipinski definition) is 6. The maximum absolute atomic E-state index is 14.4. The lowest BCUT2D eigenvalue weighted by Gasteiger charge is -2.21. The summed E-state index contributed by atoms with van der Waals surface area (Å²) in [5.74, 6) is -1.56. The Bertz CT molecular complexity index is 1880. The molecule has 9 nitrogen and oxygen atoms in total. The molecule has 10 heteroatoms. The van der Waals surface area contributed by atoms with Crippen LogP contribution >= 0.6 is 11.6 Å². The molecule has 0 aliphatic heterocycles. The van der Waals surface area contributed by atoms with Crippen LogP contribution in [0.15, 0.2) is 71.5 Å². The molecule has 0 amide bonds. The summed E-state index contributed by atoms with van der Waals surface area (Å²) >= 11 is 6.25. The second-order valence-corrected chi connectivity index (χ2v) is 11.9. The van der Waals surface area contributed by atoms with Gasteiger partial charge in [0.25, 0.3) is 5.56 Å². The molecule has 2 aromatic heterocycles. The van der Waals surface area contributed by atoms with Crippen LogP contribution in [0, 0.1) is 6.92 Å². The Kier molecular flexibility index (Phi) is 9.91. The van der Waals surface area contributed by atoms with E-state index in [1.807, 2.05) is 88.4 Å². The maximum Gasteiger partial charge on any atom is 0.326 e. The van der Waals surface area contributed by atoms with Gasteiger partial charge in [0.05, 0.1) is 23.3 Å². The molecule has 2 heterocycles. The number of aliphatic carboxylic acids is 1. The van der Waals surface area contributed by atoms with Crippen LogP contribution in [0.5, 0.6) is 0 Å². The Hall–Kier alpha value is -4.47. The van der Waals surface area contributed by atoms with E-state index in [0.717, 1.165) is 59.7 Å². The quantitative estimate of drug-likeness (QED) is 0.270. The summed E-state index contributed by atoms with van der Waals surface area (Å²) in [7, 11) is 0. The van der Waals surface area contributed by atoms with Gasteiger partial charge >= 0.3 is 5.97 Å². The molecule has 44 heavy (non-hydrogen) atoms. The van der Waals surface area contributed by atoms with E-state index in [2.05, 4.69) is 16.4 Å². The fourth-order valence-corrected chi connectivity index (χ4v) is 5.38. The van der Waals surface area contributed by atoms with Crippen molar-refractivity contribution in [1.29, 1.82) is 0 Å². The van der Waals surface area contributed by atoms with Gasteiger partial charge < -0.3 is 24.9 Å². The van der Waals surface area contributed by atoms with Gasteiger partial charge in [-0.15, -0.1) is 0 Å². The molecule has 3 aromatic carbocycles. The number of benzene rings is 3. The predicted octanol–water partition coefficient (Wildman–Crippen LogP) is 4.38. The van der Waals surface area contributed by atoms with E-state index < -0.39 is 17.5 Å². The van der Waals surface area contributed by atoms with Crippen molar-refractivity contribution < 1.29 is 25.2 Å². The minimum atomic E-state index is -1.08. The van der Waals surface area contributed by atoms with Crippen molar-refractivity contribution in [2.75, 3.05) is 6.54 Å². The molecule has 0 bridgehead atoms. The van der Waals surface area contributed by atoms with Gasteiger partial charge in [0.1, 0.15) is 17.8 Å². The lowest BCUT2D eigenvalue weighted by molar-refractivity contribution is -0.368. The molecular weight excluding hydrogens is 580 g/mol. The van der Waals surface area contributed by atoms with Gasteiger partial charge in [-0.05, 0) is 70.0 Å². The van der Waals surface area contributed by atoms with Crippen LogP contribution in [0.3, 0.4) is 0 Å². The number of aromatic nitrogens is 3. The second-order valence-electron chi connectivity index (χ2n) is 11.5. The largest absolute Gasteiger partial charge is 0.550 e. The van der Waals surface area contributed by atoms with Crippen molar-refractivity contribution >= 4 is 45.5 Å². The minimum Gasteiger partial charge on any atom is -0.550 e. The summed E-state index contributed by atoms with van der Waals surface area (Å²) in [6.07, 6.45) is 0.867. The van der Waals surface area contributed by atoms with Crippen LogP contribution in [-0.4, -0.2) is 38.2 Å². The standard InChI is InChI=1S/C32H33ClN4O3.C2H4O2/c1-20-9-7-11-24-29(20)37(19-26(38)40-32(2,3)4)31(39)28(35-24)27-23-10-5-6-12-25(23)36(18-8-17-34)30(27)21-13-15-22(33)16-14-21;1-2(3)4/h5-7,9-16H,8,17-19,34H2,1-4H3;1H3,(H,3,4). The number of hydrogen-bond donors (Lipinski definition) is 1. The van der Waals surface area contributed by atoms with Gasteiger partial charge in [-0.3, -0.25) is 14.2 Å². The zero-order valence-electron chi connectivity index (χ0n) is 25.6. The van der Waals surface area contributed by atoms with E-state index in [9.17, 15) is 9.59 Å². The fourth-order valence-electron chi connectivity index (χ4n) is 5.25. The summed E-state index contributed by atoms with van der Waals surface area (Å²) in [5, 5.41) is 10.4. The number of para-hydroxylation sites is 2. The van der Waals surface area contributed by atoms with E-state index in [0.29, 0.717) is 16.1 Å². The number of halogens is 1. The van der Waals surface area contributed by atoms with Gasteiger partial charge in [-0.25, -0.2) is 4.98 Å². The lowest BCUT2D eigenvalue weighted by atomic mass is 10.0.